The Morgan fingerprint density at radius 1 is 1.15 bits per heavy atom. The van der Waals surface area contributed by atoms with E-state index in [0.29, 0.717) is 10.6 Å². The van der Waals surface area contributed by atoms with E-state index in [-0.39, 0.29) is 12.3 Å². The number of rotatable bonds is 4. The molecule has 0 unspecified atom stereocenters. The van der Waals surface area contributed by atoms with Crippen molar-refractivity contribution < 1.29 is 19.1 Å². The fourth-order valence-corrected chi connectivity index (χ4v) is 4.51. The van der Waals surface area contributed by atoms with Gasteiger partial charge in [0, 0.05) is 4.88 Å². The molecule has 0 bridgehead atoms. The number of benzene rings is 1. The van der Waals surface area contributed by atoms with Gasteiger partial charge in [0.1, 0.15) is 5.00 Å². The predicted molar refractivity (Wildman–Crippen MR) is 104 cm³/mol. The van der Waals surface area contributed by atoms with Crippen LogP contribution in [0.2, 0.25) is 0 Å². The minimum Gasteiger partial charge on any atom is -0.453 e. The lowest BCUT2D eigenvalue weighted by molar-refractivity contribution is -0.115. The highest BCUT2D eigenvalue weighted by atomic mass is 32.1. The van der Waals surface area contributed by atoms with Crippen LogP contribution in [0.4, 0.5) is 9.80 Å². The molecule has 1 aromatic heterocycles. The Morgan fingerprint density at radius 3 is 2.63 bits per heavy atom. The fourth-order valence-electron chi connectivity index (χ4n) is 3.21. The SMILES string of the molecule is COC(=O)NC(=O)c1c(NC(=O)Cc2ccc(C)c(C)c2)sc2c1CCC2. The van der Waals surface area contributed by atoms with Crippen molar-refractivity contribution in [2.24, 2.45) is 0 Å². The van der Waals surface area contributed by atoms with Crippen molar-refractivity contribution in [3.63, 3.8) is 0 Å². The third-order valence-electron chi connectivity index (χ3n) is 4.74. The highest BCUT2D eigenvalue weighted by Crippen LogP contribution is 2.39. The molecular weight excluding hydrogens is 364 g/mol. The van der Waals surface area contributed by atoms with Crippen molar-refractivity contribution >= 4 is 34.2 Å². The molecule has 1 aromatic carbocycles. The van der Waals surface area contributed by atoms with Crippen LogP contribution in [-0.4, -0.2) is 25.0 Å². The summed E-state index contributed by atoms with van der Waals surface area (Å²) in [7, 11) is 1.20. The second-order valence-electron chi connectivity index (χ2n) is 6.65. The average molecular weight is 386 g/mol. The predicted octanol–water partition coefficient (Wildman–Crippen LogP) is 3.53. The second kappa shape index (κ2) is 7.92. The van der Waals surface area contributed by atoms with Gasteiger partial charge in [-0.15, -0.1) is 11.3 Å². The molecule has 3 rings (SSSR count). The maximum atomic E-state index is 12.5. The molecule has 0 aliphatic heterocycles. The molecule has 2 N–H and O–H groups in total. The lowest BCUT2D eigenvalue weighted by Crippen LogP contribution is -2.31. The molecule has 0 fully saturated rings. The van der Waals surface area contributed by atoms with Crippen molar-refractivity contribution in [2.75, 3.05) is 12.4 Å². The topological polar surface area (TPSA) is 84.5 Å². The van der Waals surface area contributed by atoms with E-state index >= 15 is 0 Å². The van der Waals surface area contributed by atoms with E-state index in [4.69, 9.17) is 0 Å². The zero-order chi connectivity index (χ0) is 19.6. The van der Waals surface area contributed by atoms with Gasteiger partial charge in [-0.05, 0) is 55.4 Å². The van der Waals surface area contributed by atoms with Gasteiger partial charge in [0.25, 0.3) is 5.91 Å². The van der Waals surface area contributed by atoms with E-state index in [9.17, 15) is 14.4 Å². The van der Waals surface area contributed by atoms with Crippen LogP contribution in [0, 0.1) is 13.8 Å². The summed E-state index contributed by atoms with van der Waals surface area (Å²) in [4.78, 5) is 37.6. The molecule has 0 radical (unpaired) electrons. The van der Waals surface area contributed by atoms with Gasteiger partial charge in [-0.3, -0.25) is 14.9 Å². The number of thiophene rings is 1. The number of hydrogen-bond donors (Lipinski definition) is 2. The van der Waals surface area contributed by atoms with Crippen LogP contribution in [0.1, 0.15) is 43.9 Å². The van der Waals surface area contributed by atoms with Crippen molar-refractivity contribution in [3.8, 4) is 0 Å². The van der Waals surface area contributed by atoms with Crippen molar-refractivity contribution in [1.82, 2.24) is 5.32 Å². The van der Waals surface area contributed by atoms with E-state index in [0.717, 1.165) is 40.8 Å². The molecule has 0 atom stereocenters. The molecule has 27 heavy (non-hydrogen) atoms. The third kappa shape index (κ3) is 4.19. The van der Waals surface area contributed by atoms with Crippen LogP contribution in [0.25, 0.3) is 0 Å². The largest absolute Gasteiger partial charge is 0.453 e. The first-order chi connectivity index (χ1) is 12.9. The first-order valence-corrected chi connectivity index (χ1v) is 9.60. The highest BCUT2D eigenvalue weighted by Gasteiger charge is 2.28. The van der Waals surface area contributed by atoms with E-state index in [1.54, 1.807) is 0 Å². The molecule has 142 valence electrons. The first-order valence-electron chi connectivity index (χ1n) is 8.79. The molecule has 6 nitrogen and oxygen atoms in total. The lowest BCUT2D eigenvalue weighted by Gasteiger charge is -2.09. The summed E-state index contributed by atoms with van der Waals surface area (Å²) in [5.41, 5.74) is 4.53. The number of fused-ring (bicyclic) bond motifs is 1. The zero-order valence-corrected chi connectivity index (χ0v) is 16.4. The van der Waals surface area contributed by atoms with Crippen molar-refractivity contribution in [2.45, 2.75) is 39.5 Å². The summed E-state index contributed by atoms with van der Waals surface area (Å²) >= 11 is 1.41. The number of imide groups is 1. The number of alkyl carbamates (subject to hydrolysis) is 1. The number of methoxy groups -OCH3 is 1. The van der Waals surface area contributed by atoms with Crippen molar-refractivity contribution in [3.05, 3.63) is 50.9 Å². The van der Waals surface area contributed by atoms with Crippen LogP contribution in [0.3, 0.4) is 0 Å². The standard InChI is InChI=1S/C20H22N2O4S/c1-11-7-8-13(9-12(11)2)10-16(23)21-19-17(18(24)22-20(25)26-3)14-5-4-6-15(14)27-19/h7-9H,4-6,10H2,1-3H3,(H,21,23)(H,22,24,25). The molecule has 0 saturated heterocycles. The fraction of sp³-hybridized carbons (Fsp3) is 0.350. The normalized spacial score (nSPS) is 12.4. The van der Waals surface area contributed by atoms with Gasteiger partial charge in [-0.25, -0.2) is 4.79 Å². The molecule has 1 aliphatic carbocycles. The lowest BCUT2D eigenvalue weighted by atomic mass is 10.0. The summed E-state index contributed by atoms with van der Waals surface area (Å²) in [5, 5.41) is 5.55. The Kier molecular flexibility index (Phi) is 5.60. The van der Waals surface area contributed by atoms with Crippen LogP contribution in [0.15, 0.2) is 18.2 Å². The van der Waals surface area contributed by atoms with Gasteiger partial charge >= 0.3 is 6.09 Å². The number of ether oxygens (including phenoxy) is 1. The number of amides is 3. The third-order valence-corrected chi connectivity index (χ3v) is 5.95. The van der Waals surface area contributed by atoms with Gasteiger partial charge in [0.15, 0.2) is 0 Å². The molecule has 3 amide bonds. The molecule has 7 heteroatoms. The maximum Gasteiger partial charge on any atom is 0.413 e. The first kappa shape index (κ1) is 19.1. The smallest absolute Gasteiger partial charge is 0.413 e. The maximum absolute atomic E-state index is 12.5. The molecule has 0 spiro atoms. The number of carbonyl (C=O) groups is 3. The van der Waals surface area contributed by atoms with E-state index in [1.165, 1.54) is 24.0 Å². The molecule has 1 aliphatic rings. The average Bonchev–Trinajstić information content (AvgIpc) is 3.18. The van der Waals surface area contributed by atoms with E-state index in [1.807, 2.05) is 32.0 Å². The van der Waals surface area contributed by atoms with E-state index < -0.39 is 12.0 Å². The van der Waals surface area contributed by atoms with E-state index in [2.05, 4.69) is 15.4 Å². The number of anilines is 1. The quantitative estimate of drug-likeness (QED) is 0.842. The molecular formula is C20H22N2O4S. The highest BCUT2D eigenvalue weighted by molar-refractivity contribution is 7.17. The minimum absolute atomic E-state index is 0.190. The van der Waals surface area contributed by atoms with Crippen LogP contribution in [0.5, 0.6) is 0 Å². The Labute approximate surface area is 161 Å². The summed E-state index contributed by atoms with van der Waals surface area (Å²) in [5.74, 6) is -0.729. The monoisotopic (exact) mass is 386 g/mol. The summed E-state index contributed by atoms with van der Waals surface area (Å²) in [6.07, 6.45) is 2.03. The van der Waals surface area contributed by atoms with Gasteiger partial charge in [-0.1, -0.05) is 18.2 Å². The van der Waals surface area contributed by atoms with Gasteiger partial charge in [0.05, 0.1) is 19.1 Å². The van der Waals surface area contributed by atoms with Gasteiger partial charge in [-0.2, -0.15) is 0 Å². The number of aryl methyl sites for hydroxylation is 3. The number of carbonyl (C=O) groups excluding carboxylic acids is 3. The Hall–Kier alpha value is -2.67. The zero-order valence-electron chi connectivity index (χ0n) is 15.6. The summed E-state index contributed by atoms with van der Waals surface area (Å²) < 4.78 is 4.50. The molecule has 1 heterocycles. The van der Waals surface area contributed by atoms with Crippen LogP contribution < -0.4 is 10.6 Å². The number of hydrogen-bond acceptors (Lipinski definition) is 5. The summed E-state index contributed by atoms with van der Waals surface area (Å²) in [6.45, 7) is 4.04. The van der Waals surface area contributed by atoms with Crippen LogP contribution >= 0.6 is 11.3 Å². The minimum atomic E-state index is -0.814. The molecule has 0 saturated carbocycles. The Bertz CT molecular complexity index is 917. The molecule has 2 aromatic rings. The summed E-state index contributed by atoms with van der Waals surface area (Å²) in [6, 6.07) is 5.92. The Morgan fingerprint density at radius 2 is 1.93 bits per heavy atom. The second-order valence-corrected chi connectivity index (χ2v) is 7.76. The van der Waals surface area contributed by atoms with Crippen LogP contribution in [-0.2, 0) is 28.8 Å². The van der Waals surface area contributed by atoms with Gasteiger partial charge < -0.3 is 10.1 Å². The number of nitrogens with one attached hydrogen (secondary N) is 2. The van der Waals surface area contributed by atoms with Crippen molar-refractivity contribution in [1.29, 1.82) is 0 Å². The Balaban J connectivity index is 1.79. The van der Waals surface area contributed by atoms with Gasteiger partial charge in [0.2, 0.25) is 5.91 Å².